The Bertz CT molecular complexity index is 757. The number of ether oxygens (including phenoxy) is 1. The van der Waals surface area contributed by atoms with E-state index in [-0.39, 0.29) is 10.6 Å². The fourth-order valence-corrected chi connectivity index (χ4v) is 2.65. The molecule has 2 N–H and O–H groups in total. The summed E-state index contributed by atoms with van der Waals surface area (Å²) in [6.45, 7) is 1.92. The summed E-state index contributed by atoms with van der Waals surface area (Å²) >= 11 is 3.38. The first kappa shape index (κ1) is 14.9. The van der Waals surface area contributed by atoms with Crippen LogP contribution in [0.25, 0.3) is 0 Å². The number of aryl methyl sites for hydroxylation is 1. The van der Waals surface area contributed by atoms with Crippen molar-refractivity contribution in [2.24, 2.45) is 0 Å². The van der Waals surface area contributed by atoms with Crippen LogP contribution in [0.5, 0.6) is 11.5 Å². The van der Waals surface area contributed by atoms with Crippen molar-refractivity contribution >= 4 is 31.5 Å². The summed E-state index contributed by atoms with van der Waals surface area (Å²) in [4.78, 5) is 0.174. The Morgan fingerprint density at radius 3 is 2.40 bits per heavy atom. The lowest BCUT2D eigenvalue weighted by molar-refractivity contribution is 0.480. The van der Waals surface area contributed by atoms with Crippen molar-refractivity contribution in [2.75, 3.05) is 12.0 Å². The zero-order valence-electron chi connectivity index (χ0n) is 11.1. The summed E-state index contributed by atoms with van der Waals surface area (Å²) < 4.78 is 29.5. The molecule has 0 amide bonds. The van der Waals surface area contributed by atoms with E-state index in [1.807, 2.05) is 25.1 Å². The van der Waals surface area contributed by atoms with Gasteiger partial charge in [-0.05, 0) is 42.8 Å². The van der Waals surface area contributed by atoms with Gasteiger partial charge in [-0.3, -0.25) is 0 Å². The maximum atomic E-state index is 11.5. The first-order chi connectivity index (χ1) is 9.27. The summed E-state index contributed by atoms with van der Waals surface area (Å²) in [7, 11) is -3.27. The number of nitrogen functional groups attached to an aromatic ring is 1. The topological polar surface area (TPSA) is 69.4 Å². The third-order valence-electron chi connectivity index (χ3n) is 2.78. The Balaban J connectivity index is 2.38. The van der Waals surface area contributed by atoms with Gasteiger partial charge in [0.1, 0.15) is 11.5 Å². The lowest BCUT2D eigenvalue weighted by Crippen LogP contribution is -2.00. The standard InChI is InChI=1S/C14H14BrNO3S/c1-9-3-4-10(15)7-14(9)19-13-6-5-11(8-12(13)16)20(2,17)18/h3-8H,16H2,1-2H3. The fourth-order valence-electron chi connectivity index (χ4n) is 1.65. The third kappa shape index (κ3) is 3.32. The number of hydrogen-bond acceptors (Lipinski definition) is 4. The molecule has 0 unspecified atom stereocenters. The van der Waals surface area contributed by atoms with Crippen LogP contribution in [0.15, 0.2) is 45.8 Å². The van der Waals surface area contributed by atoms with Gasteiger partial charge in [-0.15, -0.1) is 0 Å². The average Bonchev–Trinajstić information content (AvgIpc) is 2.35. The van der Waals surface area contributed by atoms with Crippen molar-refractivity contribution in [3.05, 3.63) is 46.4 Å². The van der Waals surface area contributed by atoms with Crippen molar-refractivity contribution < 1.29 is 13.2 Å². The molecule has 6 heteroatoms. The van der Waals surface area contributed by atoms with E-state index >= 15 is 0 Å². The van der Waals surface area contributed by atoms with Gasteiger partial charge in [-0.2, -0.15) is 0 Å². The monoisotopic (exact) mass is 355 g/mol. The van der Waals surface area contributed by atoms with Gasteiger partial charge in [0.25, 0.3) is 0 Å². The number of sulfone groups is 1. The molecular weight excluding hydrogens is 342 g/mol. The quantitative estimate of drug-likeness (QED) is 0.854. The first-order valence-electron chi connectivity index (χ1n) is 5.81. The smallest absolute Gasteiger partial charge is 0.175 e. The molecule has 2 aromatic rings. The lowest BCUT2D eigenvalue weighted by atomic mass is 10.2. The Morgan fingerprint density at radius 1 is 1.10 bits per heavy atom. The molecule has 0 radical (unpaired) electrons. The normalized spacial score (nSPS) is 11.3. The van der Waals surface area contributed by atoms with E-state index in [1.54, 1.807) is 6.07 Å². The van der Waals surface area contributed by atoms with Gasteiger partial charge < -0.3 is 10.5 Å². The number of rotatable bonds is 3. The molecule has 0 aliphatic rings. The van der Waals surface area contributed by atoms with Crippen LogP contribution in [-0.4, -0.2) is 14.7 Å². The molecule has 0 atom stereocenters. The minimum absolute atomic E-state index is 0.174. The molecule has 0 aliphatic heterocycles. The SMILES string of the molecule is Cc1ccc(Br)cc1Oc1ccc(S(C)(=O)=O)cc1N. The molecule has 0 saturated carbocycles. The highest BCUT2D eigenvalue weighted by atomic mass is 79.9. The van der Waals surface area contributed by atoms with Crippen molar-refractivity contribution in [2.45, 2.75) is 11.8 Å². The molecule has 0 spiro atoms. The van der Waals surface area contributed by atoms with Crippen LogP contribution >= 0.6 is 15.9 Å². The molecule has 2 rings (SSSR count). The Hall–Kier alpha value is -1.53. The second kappa shape index (κ2) is 5.46. The predicted octanol–water partition coefficient (Wildman–Crippen LogP) is 3.54. The molecule has 0 aliphatic carbocycles. The van der Waals surface area contributed by atoms with Crippen LogP contribution in [0.4, 0.5) is 5.69 Å². The molecular formula is C14H14BrNO3S. The Morgan fingerprint density at radius 2 is 1.80 bits per heavy atom. The van der Waals surface area contributed by atoms with Crippen molar-refractivity contribution in [3.8, 4) is 11.5 Å². The van der Waals surface area contributed by atoms with Gasteiger partial charge in [0.05, 0.1) is 10.6 Å². The van der Waals surface area contributed by atoms with Gasteiger partial charge in [-0.1, -0.05) is 22.0 Å². The highest BCUT2D eigenvalue weighted by Gasteiger charge is 2.11. The third-order valence-corrected chi connectivity index (χ3v) is 4.38. The molecule has 106 valence electrons. The summed E-state index contributed by atoms with van der Waals surface area (Å²) in [5.41, 5.74) is 7.10. The summed E-state index contributed by atoms with van der Waals surface area (Å²) in [5.74, 6) is 1.09. The molecule has 2 aromatic carbocycles. The van der Waals surface area contributed by atoms with E-state index < -0.39 is 9.84 Å². The molecule has 0 fully saturated rings. The van der Waals surface area contributed by atoms with Gasteiger partial charge in [0.2, 0.25) is 0 Å². The minimum Gasteiger partial charge on any atom is -0.455 e. The maximum Gasteiger partial charge on any atom is 0.175 e. The van der Waals surface area contributed by atoms with Gasteiger partial charge in [-0.25, -0.2) is 8.42 Å². The second-order valence-corrected chi connectivity index (χ2v) is 7.42. The van der Waals surface area contributed by atoms with Crippen LogP contribution in [0.1, 0.15) is 5.56 Å². The number of halogens is 1. The molecule has 0 bridgehead atoms. The molecule has 20 heavy (non-hydrogen) atoms. The zero-order valence-corrected chi connectivity index (χ0v) is 13.5. The van der Waals surface area contributed by atoms with Crippen LogP contribution in [0.2, 0.25) is 0 Å². The van der Waals surface area contributed by atoms with Crippen LogP contribution in [0.3, 0.4) is 0 Å². The van der Waals surface area contributed by atoms with Gasteiger partial charge in [0, 0.05) is 10.7 Å². The van der Waals surface area contributed by atoms with E-state index in [4.69, 9.17) is 10.5 Å². The van der Waals surface area contributed by atoms with E-state index in [0.717, 1.165) is 16.3 Å². The van der Waals surface area contributed by atoms with Crippen LogP contribution in [-0.2, 0) is 9.84 Å². The van der Waals surface area contributed by atoms with Crippen molar-refractivity contribution in [1.82, 2.24) is 0 Å². The van der Waals surface area contributed by atoms with Gasteiger partial charge >= 0.3 is 0 Å². The molecule has 0 saturated heterocycles. The fraction of sp³-hybridized carbons (Fsp3) is 0.143. The highest BCUT2D eigenvalue weighted by molar-refractivity contribution is 9.10. The minimum atomic E-state index is -3.27. The zero-order chi connectivity index (χ0) is 14.9. The first-order valence-corrected chi connectivity index (χ1v) is 8.49. The second-order valence-electron chi connectivity index (χ2n) is 4.48. The highest BCUT2D eigenvalue weighted by Crippen LogP contribution is 2.32. The molecule has 0 aromatic heterocycles. The Labute approximate surface area is 126 Å². The van der Waals surface area contributed by atoms with E-state index in [2.05, 4.69) is 15.9 Å². The van der Waals surface area contributed by atoms with Crippen molar-refractivity contribution in [3.63, 3.8) is 0 Å². The summed E-state index contributed by atoms with van der Waals surface area (Å²) in [6, 6.07) is 10.1. The lowest BCUT2D eigenvalue weighted by Gasteiger charge is -2.12. The number of hydrogen-bond donors (Lipinski definition) is 1. The molecule has 0 heterocycles. The van der Waals surface area contributed by atoms with Crippen molar-refractivity contribution in [1.29, 1.82) is 0 Å². The number of anilines is 1. The molecule has 4 nitrogen and oxygen atoms in total. The predicted molar refractivity (Wildman–Crippen MR) is 82.9 cm³/mol. The van der Waals surface area contributed by atoms with Crippen LogP contribution in [0, 0.1) is 6.92 Å². The number of nitrogens with two attached hydrogens (primary N) is 1. The van der Waals surface area contributed by atoms with Crippen LogP contribution < -0.4 is 10.5 Å². The summed E-state index contributed by atoms with van der Waals surface area (Å²) in [6.07, 6.45) is 1.14. The van der Waals surface area contributed by atoms with E-state index in [9.17, 15) is 8.42 Å². The number of benzene rings is 2. The van der Waals surface area contributed by atoms with Gasteiger partial charge in [0.15, 0.2) is 9.84 Å². The summed E-state index contributed by atoms with van der Waals surface area (Å²) in [5, 5.41) is 0. The maximum absolute atomic E-state index is 11.5. The largest absolute Gasteiger partial charge is 0.455 e. The Kier molecular flexibility index (Phi) is 4.06. The average molecular weight is 356 g/mol. The van der Waals surface area contributed by atoms with E-state index in [1.165, 1.54) is 12.1 Å². The van der Waals surface area contributed by atoms with E-state index in [0.29, 0.717) is 11.5 Å².